The average Bonchev–Trinajstić information content (AvgIpc) is 2.86. The summed E-state index contributed by atoms with van der Waals surface area (Å²) in [6.45, 7) is 1.92. The van der Waals surface area contributed by atoms with E-state index in [1.807, 2.05) is 13.1 Å². The van der Waals surface area contributed by atoms with Crippen molar-refractivity contribution in [3.8, 4) is 0 Å². The molecule has 1 atom stereocenters. The van der Waals surface area contributed by atoms with Gasteiger partial charge in [0.1, 0.15) is 0 Å². The molecule has 0 aliphatic heterocycles. The SMILES string of the molecule is CC(Nc1ccc(S(=O)(=O)C(F)F)cc1)c1cnn(C)c1. The van der Waals surface area contributed by atoms with Crippen LogP contribution in [0.25, 0.3) is 0 Å². The van der Waals surface area contributed by atoms with E-state index < -0.39 is 20.5 Å². The summed E-state index contributed by atoms with van der Waals surface area (Å²) in [6.07, 6.45) is 3.57. The molecular formula is C13H15F2N3O2S. The topological polar surface area (TPSA) is 64.0 Å². The van der Waals surface area contributed by atoms with E-state index in [1.54, 1.807) is 17.9 Å². The number of hydrogen-bond donors (Lipinski definition) is 1. The molecule has 1 heterocycles. The number of hydrogen-bond acceptors (Lipinski definition) is 4. The molecule has 2 aromatic rings. The second-order valence-corrected chi connectivity index (χ2v) is 6.56. The fourth-order valence-corrected chi connectivity index (χ4v) is 2.56. The second kappa shape index (κ2) is 5.80. The van der Waals surface area contributed by atoms with Crippen molar-refractivity contribution in [3.63, 3.8) is 0 Å². The molecule has 8 heteroatoms. The molecule has 0 radical (unpaired) electrons. The Kier molecular flexibility index (Phi) is 4.26. The molecule has 0 bridgehead atoms. The number of alkyl halides is 2. The first-order valence-corrected chi connectivity index (χ1v) is 7.72. The first-order chi connectivity index (χ1) is 9.80. The van der Waals surface area contributed by atoms with Crippen LogP contribution in [-0.4, -0.2) is 24.0 Å². The number of nitrogens with zero attached hydrogens (tertiary/aromatic N) is 2. The fraction of sp³-hybridized carbons (Fsp3) is 0.308. The standard InChI is InChI=1S/C13H15F2N3O2S/c1-9(10-7-16-18(2)8-10)17-11-3-5-12(6-4-11)21(19,20)13(14)15/h3-9,13,17H,1-2H3. The van der Waals surface area contributed by atoms with E-state index in [0.717, 1.165) is 5.56 Å². The van der Waals surface area contributed by atoms with E-state index in [4.69, 9.17) is 0 Å². The van der Waals surface area contributed by atoms with E-state index in [9.17, 15) is 17.2 Å². The zero-order valence-electron chi connectivity index (χ0n) is 11.5. The Morgan fingerprint density at radius 2 is 1.86 bits per heavy atom. The summed E-state index contributed by atoms with van der Waals surface area (Å²) in [5, 5.41) is 7.20. The Morgan fingerprint density at radius 3 is 2.33 bits per heavy atom. The highest BCUT2D eigenvalue weighted by Gasteiger charge is 2.26. The van der Waals surface area contributed by atoms with Gasteiger partial charge in [0.05, 0.1) is 17.1 Å². The number of halogens is 2. The highest BCUT2D eigenvalue weighted by Crippen LogP contribution is 2.23. The van der Waals surface area contributed by atoms with E-state index >= 15 is 0 Å². The quantitative estimate of drug-likeness (QED) is 0.921. The van der Waals surface area contributed by atoms with Gasteiger partial charge < -0.3 is 5.32 Å². The van der Waals surface area contributed by atoms with Crippen molar-refractivity contribution in [2.45, 2.75) is 23.6 Å². The summed E-state index contributed by atoms with van der Waals surface area (Å²) in [5.41, 5.74) is 1.60. The summed E-state index contributed by atoms with van der Waals surface area (Å²) in [6, 6.07) is 5.21. The Bertz CT molecular complexity index is 711. The van der Waals surface area contributed by atoms with Gasteiger partial charge in [-0.05, 0) is 31.2 Å². The Hall–Kier alpha value is -1.96. The molecule has 0 aliphatic carbocycles. The first kappa shape index (κ1) is 15.4. The van der Waals surface area contributed by atoms with Crippen molar-refractivity contribution in [1.29, 1.82) is 0 Å². The highest BCUT2D eigenvalue weighted by molar-refractivity contribution is 7.91. The van der Waals surface area contributed by atoms with Gasteiger partial charge in [-0.2, -0.15) is 13.9 Å². The third-order valence-corrected chi connectivity index (χ3v) is 4.42. The van der Waals surface area contributed by atoms with E-state index in [1.165, 1.54) is 24.3 Å². The van der Waals surface area contributed by atoms with Crippen molar-refractivity contribution in [2.75, 3.05) is 5.32 Å². The van der Waals surface area contributed by atoms with Crippen molar-refractivity contribution in [3.05, 3.63) is 42.2 Å². The average molecular weight is 315 g/mol. The Labute approximate surface area is 121 Å². The molecule has 1 aromatic heterocycles. The lowest BCUT2D eigenvalue weighted by Crippen LogP contribution is -2.11. The lowest BCUT2D eigenvalue weighted by molar-refractivity contribution is 0.234. The normalized spacial score (nSPS) is 13.4. The molecule has 5 nitrogen and oxygen atoms in total. The first-order valence-electron chi connectivity index (χ1n) is 6.18. The van der Waals surface area contributed by atoms with Gasteiger partial charge in [0.25, 0.3) is 0 Å². The van der Waals surface area contributed by atoms with E-state index in [0.29, 0.717) is 5.69 Å². The van der Waals surface area contributed by atoms with Crippen LogP contribution < -0.4 is 5.32 Å². The number of anilines is 1. The number of aromatic nitrogens is 2. The largest absolute Gasteiger partial charge is 0.378 e. The molecule has 1 N–H and O–H groups in total. The Balaban J connectivity index is 2.13. The summed E-state index contributed by atoms with van der Waals surface area (Å²) in [7, 11) is -2.74. The highest BCUT2D eigenvalue weighted by atomic mass is 32.2. The Morgan fingerprint density at radius 1 is 1.24 bits per heavy atom. The summed E-state index contributed by atoms with van der Waals surface area (Å²) >= 11 is 0. The van der Waals surface area contributed by atoms with Gasteiger partial charge in [-0.15, -0.1) is 0 Å². The van der Waals surface area contributed by atoms with Gasteiger partial charge in [0.15, 0.2) is 0 Å². The number of rotatable bonds is 5. The van der Waals surface area contributed by atoms with Crippen molar-refractivity contribution in [2.24, 2.45) is 7.05 Å². The predicted octanol–water partition coefficient (Wildman–Crippen LogP) is 2.59. The molecule has 0 fully saturated rings. The molecular weight excluding hydrogens is 300 g/mol. The van der Waals surface area contributed by atoms with Crippen molar-refractivity contribution >= 4 is 15.5 Å². The monoisotopic (exact) mass is 315 g/mol. The lowest BCUT2D eigenvalue weighted by Gasteiger charge is -2.14. The van der Waals surface area contributed by atoms with Crippen LogP contribution in [0, 0.1) is 0 Å². The smallest absolute Gasteiger partial charge is 0.341 e. The number of sulfone groups is 1. The maximum absolute atomic E-state index is 12.4. The van der Waals surface area contributed by atoms with Crippen LogP contribution in [0.3, 0.4) is 0 Å². The van der Waals surface area contributed by atoms with Gasteiger partial charge in [0, 0.05) is 24.5 Å². The summed E-state index contributed by atoms with van der Waals surface area (Å²) < 4.78 is 49.1. The fourth-order valence-electron chi connectivity index (χ4n) is 1.84. The second-order valence-electron chi connectivity index (χ2n) is 4.64. The van der Waals surface area contributed by atoms with Crippen LogP contribution in [-0.2, 0) is 16.9 Å². The van der Waals surface area contributed by atoms with Gasteiger partial charge in [-0.1, -0.05) is 0 Å². The molecule has 114 valence electrons. The van der Waals surface area contributed by atoms with Crippen molar-refractivity contribution < 1.29 is 17.2 Å². The van der Waals surface area contributed by atoms with Gasteiger partial charge in [-0.3, -0.25) is 4.68 Å². The maximum atomic E-state index is 12.4. The van der Waals surface area contributed by atoms with Crippen molar-refractivity contribution in [1.82, 2.24) is 9.78 Å². The van der Waals surface area contributed by atoms with Crippen LogP contribution >= 0.6 is 0 Å². The van der Waals surface area contributed by atoms with Gasteiger partial charge in [-0.25, -0.2) is 8.42 Å². The molecule has 2 rings (SSSR count). The summed E-state index contributed by atoms with van der Waals surface area (Å²) in [4.78, 5) is -0.392. The molecule has 1 unspecified atom stereocenters. The van der Waals surface area contributed by atoms with Crippen LogP contribution in [0.15, 0.2) is 41.6 Å². The van der Waals surface area contributed by atoms with Crippen LogP contribution in [0.2, 0.25) is 0 Å². The lowest BCUT2D eigenvalue weighted by atomic mass is 10.2. The van der Waals surface area contributed by atoms with Crippen LogP contribution in [0.1, 0.15) is 18.5 Å². The predicted molar refractivity (Wildman–Crippen MR) is 74.9 cm³/mol. The molecule has 21 heavy (non-hydrogen) atoms. The minimum atomic E-state index is -4.55. The molecule has 0 saturated carbocycles. The molecule has 0 amide bonds. The van der Waals surface area contributed by atoms with Crippen LogP contribution in [0.5, 0.6) is 0 Å². The zero-order chi connectivity index (χ0) is 15.6. The number of aryl methyl sites for hydroxylation is 1. The van der Waals surface area contributed by atoms with Gasteiger partial charge in [0.2, 0.25) is 9.84 Å². The zero-order valence-corrected chi connectivity index (χ0v) is 12.3. The summed E-state index contributed by atoms with van der Waals surface area (Å²) in [5.74, 6) is -3.41. The molecule has 0 aliphatic rings. The maximum Gasteiger partial charge on any atom is 0.341 e. The van der Waals surface area contributed by atoms with E-state index in [2.05, 4.69) is 10.4 Å². The van der Waals surface area contributed by atoms with Crippen LogP contribution in [0.4, 0.5) is 14.5 Å². The third-order valence-electron chi connectivity index (χ3n) is 3.03. The number of benzene rings is 1. The minimum Gasteiger partial charge on any atom is -0.378 e. The molecule has 0 spiro atoms. The van der Waals surface area contributed by atoms with E-state index in [-0.39, 0.29) is 6.04 Å². The molecule has 0 saturated heterocycles. The third kappa shape index (κ3) is 3.38. The minimum absolute atomic E-state index is 0.0451. The number of nitrogens with one attached hydrogen (secondary N) is 1. The van der Waals surface area contributed by atoms with Gasteiger partial charge >= 0.3 is 5.76 Å². The molecule has 1 aromatic carbocycles.